The first-order valence-electron chi connectivity index (χ1n) is 10.0. The molecule has 0 saturated heterocycles. The van der Waals surface area contributed by atoms with Gasteiger partial charge in [-0.05, 0) is 30.9 Å². The van der Waals surface area contributed by atoms with Gasteiger partial charge in [-0.3, -0.25) is 4.79 Å². The van der Waals surface area contributed by atoms with E-state index >= 15 is 0 Å². The molecule has 0 aromatic heterocycles. The third-order valence-electron chi connectivity index (χ3n) is 5.71. The summed E-state index contributed by atoms with van der Waals surface area (Å²) in [7, 11) is 0. The van der Waals surface area contributed by atoms with Crippen molar-refractivity contribution in [3.8, 4) is 0 Å². The van der Waals surface area contributed by atoms with Gasteiger partial charge in [0.25, 0.3) is 0 Å². The van der Waals surface area contributed by atoms with Gasteiger partial charge >= 0.3 is 6.03 Å². The van der Waals surface area contributed by atoms with E-state index in [2.05, 4.69) is 34.9 Å². The van der Waals surface area contributed by atoms with Crippen molar-refractivity contribution in [3.05, 3.63) is 71.8 Å². The molecule has 5 heteroatoms. The summed E-state index contributed by atoms with van der Waals surface area (Å²) in [5, 5.41) is 5.94. The van der Waals surface area contributed by atoms with Gasteiger partial charge < -0.3 is 16.4 Å². The molecule has 28 heavy (non-hydrogen) atoms. The predicted octanol–water partition coefficient (Wildman–Crippen LogP) is 3.69. The van der Waals surface area contributed by atoms with Crippen molar-refractivity contribution in [1.82, 2.24) is 10.6 Å². The highest BCUT2D eigenvalue weighted by Gasteiger charge is 2.39. The second-order valence-electron chi connectivity index (χ2n) is 7.69. The van der Waals surface area contributed by atoms with Crippen molar-refractivity contribution in [1.29, 1.82) is 0 Å². The predicted molar refractivity (Wildman–Crippen MR) is 111 cm³/mol. The maximum absolute atomic E-state index is 12.8. The Kier molecular flexibility index (Phi) is 6.34. The highest BCUT2D eigenvalue weighted by molar-refractivity contribution is 5.90. The molecule has 0 radical (unpaired) electrons. The molecule has 0 heterocycles. The van der Waals surface area contributed by atoms with E-state index in [1.165, 1.54) is 0 Å². The van der Waals surface area contributed by atoms with Crippen LogP contribution in [0.1, 0.15) is 56.1 Å². The zero-order valence-electron chi connectivity index (χ0n) is 16.4. The summed E-state index contributed by atoms with van der Waals surface area (Å²) in [6.07, 6.45) is 4.07. The number of rotatable bonds is 6. The standard InChI is InChI=1S/C23H29N3O2/c1-17(25-22(28)26-23(21(24)27)15-9-4-10-16-23)20(18-11-5-2-6-12-18)19-13-7-3-8-14-19/h2-3,5-8,11-14,17,20H,4,9-10,15-16H2,1H3,(H2,24,27)(H2,25,26,28)/t17-/m0/s1. The van der Waals surface area contributed by atoms with Crippen molar-refractivity contribution < 1.29 is 9.59 Å². The molecule has 0 aliphatic heterocycles. The topological polar surface area (TPSA) is 84.2 Å². The van der Waals surface area contributed by atoms with E-state index in [1.54, 1.807) is 0 Å². The monoisotopic (exact) mass is 379 g/mol. The van der Waals surface area contributed by atoms with Crippen molar-refractivity contribution in [2.75, 3.05) is 0 Å². The summed E-state index contributed by atoms with van der Waals surface area (Å²) >= 11 is 0. The number of hydrogen-bond acceptors (Lipinski definition) is 2. The van der Waals surface area contributed by atoms with Crippen molar-refractivity contribution >= 4 is 11.9 Å². The molecule has 0 spiro atoms. The third kappa shape index (κ3) is 4.53. The average Bonchev–Trinajstić information content (AvgIpc) is 2.70. The van der Waals surface area contributed by atoms with E-state index in [0.717, 1.165) is 30.4 Å². The van der Waals surface area contributed by atoms with Crippen LogP contribution in [0.15, 0.2) is 60.7 Å². The minimum Gasteiger partial charge on any atom is -0.368 e. The number of carbonyl (C=O) groups is 2. The van der Waals surface area contributed by atoms with Crippen LogP contribution in [0.25, 0.3) is 0 Å². The van der Waals surface area contributed by atoms with Gasteiger partial charge in [-0.15, -0.1) is 0 Å². The minimum absolute atomic E-state index is 0.00374. The Morgan fingerprint density at radius 3 is 1.86 bits per heavy atom. The van der Waals surface area contributed by atoms with E-state index in [-0.39, 0.29) is 18.0 Å². The Hall–Kier alpha value is -2.82. The van der Waals surface area contributed by atoms with Crippen LogP contribution in [0.5, 0.6) is 0 Å². The summed E-state index contributed by atoms with van der Waals surface area (Å²) in [5.41, 5.74) is 6.97. The molecule has 4 N–H and O–H groups in total. The molecule has 1 saturated carbocycles. The summed E-state index contributed by atoms with van der Waals surface area (Å²) in [6.45, 7) is 1.99. The maximum atomic E-state index is 12.8. The average molecular weight is 380 g/mol. The summed E-state index contributed by atoms with van der Waals surface area (Å²) in [4.78, 5) is 24.8. The lowest BCUT2D eigenvalue weighted by molar-refractivity contribution is -0.125. The summed E-state index contributed by atoms with van der Waals surface area (Å²) < 4.78 is 0. The maximum Gasteiger partial charge on any atom is 0.315 e. The second-order valence-corrected chi connectivity index (χ2v) is 7.69. The highest BCUT2D eigenvalue weighted by atomic mass is 16.2. The van der Waals surface area contributed by atoms with Crippen molar-refractivity contribution in [3.63, 3.8) is 0 Å². The number of urea groups is 1. The SMILES string of the molecule is C[C@H](NC(=O)NC1(C(N)=O)CCCCC1)C(c1ccccc1)c1ccccc1. The van der Waals surface area contributed by atoms with Crippen LogP contribution >= 0.6 is 0 Å². The summed E-state index contributed by atoms with van der Waals surface area (Å²) in [5.74, 6) is -0.443. The normalized spacial score (nSPS) is 16.9. The lowest BCUT2D eigenvalue weighted by atomic mass is 9.81. The van der Waals surface area contributed by atoms with Gasteiger partial charge in [-0.25, -0.2) is 4.79 Å². The van der Waals surface area contributed by atoms with Crippen LogP contribution in [0.2, 0.25) is 0 Å². The van der Waals surface area contributed by atoms with Crippen LogP contribution < -0.4 is 16.4 Å². The first-order valence-corrected chi connectivity index (χ1v) is 10.0. The van der Waals surface area contributed by atoms with Crippen LogP contribution in [0.4, 0.5) is 4.79 Å². The van der Waals surface area contributed by atoms with E-state index in [0.29, 0.717) is 12.8 Å². The molecule has 1 aliphatic rings. The number of primary amides is 1. The van der Waals surface area contributed by atoms with Crippen LogP contribution in [-0.2, 0) is 4.79 Å². The van der Waals surface area contributed by atoms with Crippen molar-refractivity contribution in [2.24, 2.45) is 5.73 Å². The fraction of sp³-hybridized carbons (Fsp3) is 0.391. The van der Waals surface area contributed by atoms with Crippen molar-refractivity contribution in [2.45, 2.75) is 56.5 Å². The Morgan fingerprint density at radius 1 is 0.893 bits per heavy atom. The van der Waals surface area contributed by atoms with Crippen LogP contribution in [0.3, 0.4) is 0 Å². The van der Waals surface area contributed by atoms with E-state index in [9.17, 15) is 9.59 Å². The quantitative estimate of drug-likeness (QED) is 0.715. The molecule has 0 bridgehead atoms. The third-order valence-corrected chi connectivity index (χ3v) is 5.71. The van der Waals surface area contributed by atoms with Gasteiger partial charge in [-0.2, -0.15) is 0 Å². The number of benzene rings is 2. The number of carbonyl (C=O) groups excluding carboxylic acids is 2. The number of nitrogens with one attached hydrogen (secondary N) is 2. The fourth-order valence-electron chi connectivity index (χ4n) is 4.22. The second kappa shape index (κ2) is 8.91. The van der Waals surface area contributed by atoms with Crippen LogP contribution in [-0.4, -0.2) is 23.5 Å². The van der Waals surface area contributed by atoms with E-state index in [1.807, 2.05) is 43.3 Å². The van der Waals surface area contributed by atoms with E-state index < -0.39 is 11.4 Å². The largest absolute Gasteiger partial charge is 0.368 e. The molecule has 3 rings (SSSR count). The van der Waals surface area contributed by atoms with Gasteiger partial charge in [0, 0.05) is 12.0 Å². The molecule has 1 atom stereocenters. The lowest BCUT2D eigenvalue weighted by Gasteiger charge is -2.36. The van der Waals surface area contributed by atoms with E-state index in [4.69, 9.17) is 5.73 Å². The zero-order valence-corrected chi connectivity index (χ0v) is 16.4. The number of amides is 3. The highest BCUT2D eigenvalue weighted by Crippen LogP contribution is 2.29. The molecular formula is C23H29N3O2. The Bertz CT molecular complexity index is 747. The Labute approximate surface area is 166 Å². The molecule has 3 amide bonds. The Morgan fingerprint density at radius 2 is 1.39 bits per heavy atom. The molecule has 1 aliphatic carbocycles. The van der Waals surface area contributed by atoms with Crippen LogP contribution in [0, 0.1) is 0 Å². The molecule has 2 aromatic carbocycles. The van der Waals surface area contributed by atoms with Gasteiger partial charge in [0.2, 0.25) is 5.91 Å². The zero-order chi connectivity index (χ0) is 20.0. The lowest BCUT2D eigenvalue weighted by Crippen LogP contribution is -2.61. The van der Waals surface area contributed by atoms with Gasteiger partial charge in [-0.1, -0.05) is 79.9 Å². The van der Waals surface area contributed by atoms with Gasteiger partial charge in [0.1, 0.15) is 5.54 Å². The number of nitrogens with two attached hydrogens (primary N) is 1. The van der Waals surface area contributed by atoms with Gasteiger partial charge in [0.05, 0.1) is 0 Å². The minimum atomic E-state index is -0.933. The first kappa shape index (κ1) is 19.9. The molecule has 5 nitrogen and oxygen atoms in total. The number of hydrogen-bond donors (Lipinski definition) is 3. The fourth-order valence-corrected chi connectivity index (χ4v) is 4.22. The smallest absolute Gasteiger partial charge is 0.315 e. The van der Waals surface area contributed by atoms with Gasteiger partial charge in [0.15, 0.2) is 0 Å². The molecule has 2 aromatic rings. The Balaban J connectivity index is 1.77. The molecule has 1 fully saturated rings. The molecular weight excluding hydrogens is 350 g/mol. The summed E-state index contributed by atoms with van der Waals surface area (Å²) in [6, 6.07) is 19.7. The first-order chi connectivity index (χ1) is 13.5. The molecule has 148 valence electrons. The molecule has 0 unspecified atom stereocenters.